The van der Waals surface area contributed by atoms with E-state index in [-0.39, 0.29) is 6.09 Å². The van der Waals surface area contributed by atoms with Crippen LogP contribution in [0.1, 0.15) is 32.8 Å². The average Bonchev–Trinajstić information content (AvgIpc) is 2.29. The molecule has 0 aliphatic rings. The number of aryl methyl sites for hydroxylation is 1. The van der Waals surface area contributed by atoms with Crippen molar-refractivity contribution in [3.05, 3.63) is 34.3 Å². The summed E-state index contributed by atoms with van der Waals surface area (Å²) in [4.78, 5) is 13.4. The van der Waals surface area contributed by atoms with E-state index in [9.17, 15) is 4.79 Å². The fourth-order valence-electron chi connectivity index (χ4n) is 1.64. The molecule has 0 heterocycles. The van der Waals surface area contributed by atoms with Crippen molar-refractivity contribution >= 4 is 22.0 Å². The van der Waals surface area contributed by atoms with Gasteiger partial charge in [0.1, 0.15) is 5.60 Å². The average molecular weight is 328 g/mol. The van der Waals surface area contributed by atoms with Crippen LogP contribution in [0.5, 0.6) is 0 Å². The van der Waals surface area contributed by atoms with Crippen LogP contribution in [0, 0.1) is 0 Å². The molecular formula is C15H22BrNO2. The lowest BCUT2D eigenvalue weighted by atomic mass is 10.1. The zero-order valence-electron chi connectivity index (χ0n) is 12.1. The van der Waals surface area contributed by atoms with E-state index < -0.39 is 5.60 Å². The molecule has 0 saturated heterocycles. The molecule has 0 atom stereocenters. The first kappa shape index (κ1) is 16.0. The van der Waals surface area contributed by atoms with E-state index in [0.29, 0.717) is 6.54 Å². The summed E-state index contributed by atoms with van der Waals surface area (Å²) < 4.78 is 6.42. The second-order valence-electron chi connectivity index (χ2n) is 5.60. The number of carbonyl (C=O) groups excluding carboxylic acids is 1. The van der Waals surface area contributed by atoms with Gasteiger partial charge in [-0.25, -0.2) is 4.79 Å². The van der Waals surface area contributed by atoms with Crippen LogP contribution in [-0.4, -0.2) is 30.2 Å². The fraction of sp³-hybridized carbons (Fsp3) is 0.533. The summed E-state index contributed by atoms with van der Waals surface area (Å²) in [6.07, 6.45) is 1.59. The van der Waals surface area contributed by atoms with Crippen LogP contribution >= 0.6 is 15.9 Å². The topological polar surface area (TPSA) is 29.5 Å². The molecule has 0 saturated carbocycles. The first-order chi connectivity index (χ1) is 8.79. The summed E-state index contributed by atoms with van der Waals surface area (Å²) >= 11 is 3.53. The van der Waals surface area contributed by atoms with Crippen molar-refractivity contribution in [1.82, 2.24) is 4.90 Å². The van der Waals surface area contributed by atoms with Gasteiger partial charge in [0.25, 0.3) is 0 Å². The van der Waals surface area contributed by atoms with Crippen LogP contribution in [0.15, 0.2) is 28.7 Å². The van der Waals surface area contributed by atoms with E-state index in [1.807, 2.05) is 39.0 Å². The summed E-state index contributed by atoms with van der Waals surface area (Å²) in [5, 5.41) is 0. The van der Waals surface area contributed by atoms with Gasteiger partial charge in [0.05, 0.1) is 0 Å². The summed E-state index contributed by atoms with van der Waals surface area (Å²) in [6, 6.07) is 8.16. The van der Waals surface area contributed by atoms with Crippen molar-refractivity contribution in [2.24, 2.45) is 0 Å². The molecule has 0 unspecified atom stereocenters. The molecule has 4 heteroatoms. The number of amides is 1. The van der Waals surface area contributed by atoms with Gasteiger partial charge in [0.15, 0.2) is 0 Å². The van der Waals surface area contributed by atoms with E-state index in [1.165, 1.54) is 5.56 Å². The summed E-state index contributed by atoms with van der Waals surface area (Å²) in [6.45, 7) is 6.32. The predicted octanol–water partition coefficient (Wildman–Crippen LogP) is 4.25. The number of hydrogen-bond donors (Lipinski definition) is 0. The molecule has 0 N–H and O–H groups in total. The van der Waals surface area contributed by atoms with Crippen molar-refractivity contribution in [1.29, 1.82) is 0 Å². The van der Waals surface area contributed by atoms with Crippen LogP contribution in [-0.2, 0) is 11.2 Å². The van der Waals surface area contributed by atoms with Crippen molar-refractivity contribution in [3.63, 3.8) is 0 Å². The third-order valence-corrected chi connectivity index (χ3v) is 3.38. The summed E-state index contributed by atoms with van der Waals surface area (Å²) in [5.74, 6) is 0. The second kappa shape index (κ2) is 6.94. The second-order valence-corrected chi connectivity index (χ2v) is 6.45. The molecule has 0 aromatic heterocycles. The van der Waals surface area contributed by atoms with E-state index >= 15 is 0 Å². The maximum atomic E-state index is 11.8. The molecule has 0 spiro atoms. The molecule has 0 radical (unpaired) electrons. The minimum absolute atomic E-state index is 0.264. The standard InChI is InChI=1S/C15H22BrNO2/c1-15(2,3)19-14(18)17(4)11-7-9-12-8-5-6-10-13(12)16/h5-6,8,10H,7,9,11H2,1-4H3. The van der Waals surface area contributed by atoms with Crippen LogP contribution in [0.3, 0.4) is 0 Å². The van der Waals surface area contributed by atoms with Gasteiger partial charge in [-0.1, -0.05) is 34.1 Å². The molecular weight excluding hydrogens is 306 g/mol. The number of benzene rings is 1. The first-order valence-corrected chi connectivity index (χ1v) is 7.26. The minimum Gasteiger partial charge on any atom is -0.444 e. The molecule has 0 bridgehead atoms. The first-order valence-electron chi connectivity index (χ1n) is 6.47. The highest BCUT2D eigenvalue weighted by molar-refractivity contribution is 9.10. The highest BCUT2D eigenvalue weighted by Gasteiger charge is 2.19. The van der Waals surface area contributed by atoms with E-state index in [2.05, 4.69) is 22.0 Å². The van der Waals surface area contributed by atoms with Crippen LogP contribution in [0.25, 0.3) is 0 Å². The lowest BCUT2D eigenvalue weighted by Crippen LogP contribution is -2.34. The van der Waals surface area contributed by atoms with E-state index in [0.717, 1.165) is 17.3 Å². The van der Waals surface area contributed by atoms with Gasteiger partial charge in [-0.05, 0) is 45.2 Å². The van der Waals surface area contributed by atoms with Gasteiger partial charge in [0, 0.05) is 18.1 Å². The van der Waals surface area contributed by atoms with Gasteiger partial charge in [-0.2, -0.15) is 0 Å². The molecule has 1 aromatic carbocycles. The summed E-state index contributed by atoms with van der Waals surface area (Å²) in [7, 11) is 1.77. The van der Waals surface area contributed by atoms with Gasteiger partial charge in [-0.3, -0.25) is 0 Å². The third kappa shape index (κ3) is 6.10. The Labute approximate surface area is 124 Å². The fourth-order valence-corrected chi connectivity index (χ4v) is 2.12. The lowest BCUT2D eigenvalue weighted by Gasteiger charge is -2.24. The minimum atomic E-state index is -0.437. The van der Waals surface area contributed by atoms with E-state index in [4.69, 9.17) is 4.74 Å². The number of rotatable bonds is 4. The van der Waals surface area contributed by atoms with Crippen molar-refractivity contribution in [3.8, 4) is 0 Å². The zero-order valence-corrected chi connectivity index (χ0v) is 13.7. The Kier molecular flexibility index (Phi) is 5.85. The lowest BCUT2D eigenvalue weighted by molar-refractivity contribution is 0.0297. The van der Waals surface area contributed by atoms with Crippen molar-refractivity contribution < 1.29 is 9.53 Å². The highest BCUT2D eigenvalue weighted by Crippen LogP contribution is 2.17. The number of halogens is 1. The van der Waals surface area contributed by atoms with Crippen molar-refractivity contribution in [2.45, 2.75) is 39.2 Å². The Morgan fingerprint density at radius 1 is 1.32 bits per heavy atom. The Morgan fingerprint density at radius 3 is 2.53 bits per heavy atom. The molecule has 0 fully saturated rings. The normalized spacial score (nSPS) is 11.2. The zero-order chi connectivity index (χ0) is 14.5. The summed E-state index contributed by atoms with van der Waals surface area (Å²) in [5.41, 5.74) is 0.827. The maximum absolute atomic E-state index is 11.8. The molecule has 0 aliphatic heterocycles. The molecule has 106 valence electrons. The molecule has 19 heavy (non-hydrogen) atoms. The molecule has 1 amide bonds. The number of ether oxygens (including phenoxy) is 1. The van der Waals surface area contributed by atoms with Crippen LogP contribution in [0.2, 0.25) is 0 Å². The largest absolute Gasteiger partial charge is 0.444 e. The Bertz CT molecular complexity index is 426. The number of nitrogens with zero attached hydrogens (tertiary/aromatic N) is 1. The number of carbonyl (C=O) groups is 1. The third-order valence-electron chi connectivity index (χ3n) is 2.60. The van der Waals surface area contributed by atoms with E-state index in [1.54, 1.807) is 11.9 Å². The smallest absolute Gasteiger partial charge is 0.410 e. The van der Waals surface area contributed by atoms with Gasteiger partial charge in [0.2, 0.25) is 0 Å². The highest BCUT2D eigenvalue weighted by atomic mass is 79.9. The Hall–Kier alpha value is -1.03. The van der Waals surface area contributed by atoms with Crippen LogP contribution < -0.4 is 0 Å². The Balaban J connectivity index is 2.37. The van der Waals surface area contributed by atoms with Gasteiger partial charge in [-0.15, -0.1) is 0 Å². The Morgan fingerprint density at radius 2 is 1.95 bits per heavy atom. The monoisotopic (exact) mass is 327 g/mol. The maximum Gasteiger partial charge on any atom is 0.410 e. The predicted molar refractivity (Wildman–Crippen MR) is 81.3 cm³/mol. The molecule has 3 nitrogen and oxygen atoms in total. The quantitative estimate of drug-likeness (QED) is 0.827. The van der Waals surface area contributed by atoms with Gasteiger partial charge >= 0.3 is 6.09 Å². The SMILES string of the molecule is CN(CCCc1ccccc1Br)C(=O)OC(C)(C)C. The number of hydrogen-bond acceptors (Lipinski definition) is 2. The molecule has 1 rings (SSSR count). The van der Waals surface area contributed by atoms with Gasteiger partial charge < -0.3 is 9.64 Å². The van der Waals surface area contributed by atoms with Crippen molar-refractivity contribution in [2.75, 3.05) is 13.6 Å². The molecule has 0 aliphatic carbocycles. The van der Waals surface area contributed by atoms with Crippen LogP contribution in [0.4, 0.5) is 4.79 Å². The molecule has 1 aromatic rings.